The fraction of sp³-hybridized carbons (Fsp3) is 1.00. The van der Waals surface area contributed by atoms with Crippen molar-refractivity contribution in [2.75, 3.05) is 13.2 Å². The topological polar surface area (TPSA) is 29.5 Å². The van der Waals surface area contributed by atoms with Gasteiger partial charge in [-0.1, -0.05) is 0 Å². The molecule has 0 aromatic heterocycles. The second-order valence-electron chi connectivity index (χ2n) is 1.82. The molecule has 0 bridgehead atoms. The summed E-state index contributed by atoms with van der Waals surface area (Å²) in [4.78, 5) is 0. The van der Waals surface area contributed by atoms with Gasteiger partial charge < -0.3 is 9.84 Å². The van der Waals surface area contributed by atoms with Gasteiger partial charge in [-0.3, -0.25) is 0 Å². The monoisotopic (exact) mass is 141 g/mol. The van der Waals surface area contributed by atoms with Crippen LogP contribution in [0.15, 0.2) is 0 Å². The van der Waals surface area contributed by atoms with Crippen molar-refractivity contribution in [1.82, 2.24) is 0 Å². The van der Waals surface area contributed by atoms with Crippen LogP contribution in [0, 0.1) is 0 Å². The minimum absolute atomic E-state index is 0. The van der Waals surface area contributed by atoms with Crippen molar-refractivity contribution >= 4 is 51.4 Å². The summed E-state index contributed by atoms with van der Waals surface area (Å²) in [5.74, 6) is 0. The molecular weight excluding hydrogens is 131 g/mol. The molecule has 0 amide bonds. The molecule has 0 aromatic carbocycles. The van der Waals surface area contributed by atoms with Crippen LogP contribution >= 0.6 is 0 Å². The van der Waals surface area contributed by atoms with E-state index in [0.29, 0.717) is 0 Å². The molecule has 1 N–H and O–H groups in total. The third-order valence-electron chi connectivity index (χ3n) is 1.23. The van der Waals surface area contributed by atoms with E-state index < -0.39 is 0 Å². The van der Waals surface area contributed by atoms with Crippen molar-refractivity contribution < 1.29 is 9.84 Å². The van der Waals surface area contributed by atoms with Gasteiger partial charge in [0, 0.05) is 58.0 Å². The quantitative estimate of drug-likeness (QED) is 0.511. The summed E-state index contributed by atoms with van der Waals surface area (Å²) in [7, 11) is 0. The number of ether oxygens (including phenoxy) is 1. The molecule has 3 heteroatoms. The Kier molecular flexibility index (Phi) is 6.39. The molecule has 0 spiro atoms. The number of rotatable bonds is 1. The van der Waals surface area contributed by atoms with Crippen molar-refractivity contribution in [3.8, 4) is 0 Å². The first-order valence-electron chi connectivity index (χ1n) is 2.66. The van der Waals surface area contributed by atoms with Gasteiger partial charge in [0.2, 0.25) is 0 Å². The molecule has 1 aliphatic heterocycles. The van der Waals surface area contributed by atoms with Gasteiger partial charge in [-0.25, -0.2) is 0 Å². The van der Waals surface area contributed by atoms with E-state index >= 15 is 0 Å². The van der Waals surface area contributed by atoms with E-state index in [9.17, 15) is 0 Å². The summed E-state index contributed by atoms with van der Waals surface area (Å²) in [6.07, 6.45) is 2.31. The van der Waals surface area contributed by atoms with E-state index in [1.54, 1.807) is 0 Å². The van der Waals surface area contributed by atoms with Crippen LogP contribution in [-0.4, -0.2) is 75.8 Å². The normalized spacial score (nSPS) is 27.4. The van der Waals surface area contributed by atoms with E-state index in [-0.39, 0.29) is 64.1 Å². The molecule has 1 atom stereocenters. The first-order chi connectivity index (χ1) is 3.43. The van der Waals surface area contributed by atoms with Crippen LogP contribution in [0.3, 0.4) is 0 Å². The largest absolute Gasteiger partial charge is 0.394 e. The summed E-state index contributed by atoms with van der Waals surface area (Å²) in [5.41, 5.74) is 0. The summed E-state index contributed by atoms with van der Waals surface area (Å²) >= 11 is 0. The van der Waals surface area contributed by atoms with Gasteiger partial charge in [0.15, 0.2) is 0 Å². The predicted molar refractivity (Wildman–Crippen MR) is 31.8 cm³/mol. The Labute approximate surface area is 92.0 Å². The molecule has 2 nitrogen and oxygen atoms in total. The molecule has 8 heavy (non-hydrogen) atoms. The van der Waals surface area contributed by atoms with Crippen LogP contribution in [-0.2, 0) is 4.74 Å². The van der Waals surface area contributed by atoms with Crippen molar-refractivity contribution in [1.29, 1.82) is 0 Å². The van der Waals surface area contributed by atoms with Gasteiger partial charge in [-0.05, 0) is 12.8 Å². The molecule has 1 rings (SSSR count). The van der Waals surface area contributed by atoms with E-state index in [2.05, 4.69) is 0 Å². The maximum absolute atomic E-state index is 8.44. The minimum atomic E-state index is 0. The molecule has 1 fully saturated rings. The zero-order chi connectivity index (χ0) is 5.11. The zero-order valence-electron chi connectivity index (χ0n) is 5.26. The maximum atomic E-state index is 8.44. The summed E-state index contributed by atoms with van der Waals surface area (Å²) in [6, 6.07) is 0. The Bertz CT molecular complexity index is 52.4. The number of aliphatic hydroxyl groups excluding tert-OH is 1. The third kappa shape index (κ3) is 2.91. The average molecular weight is 141 g/mol. The fourth-order valence-electron chi connectivity index (χ4n) is 0.788. The molecule has 1 radical (unpaired) electrons. The van der Waals surface area contributed by atoms with Gasteiger partial charge in [0.25, 0.3) is 0 Å². The van der Waals surface area contributed by atoms with Crippen LogP contribution < -0.4 is 0 Å². The van der Waals surface area contributed by atoms with Crippen molar-refractivity contribution in [3.63, 3.8) is 0 Å². The van der Waals surface area contributed by atoms with Crippen LogP contribution in [0.4, 0.5) is 0 Å². The molecular formula is C5H10KO2. The first kappa shape index (κ1) is 9.56. The zero-order valence-corrected chi connectivity index (χ0v) is 8.38. The summed E-state index contributed by atoms with van der Waals surface area (Å²) in [5, 5.41) is 8.44. The Morgan fingerprint density at radius 1 is 1.62 bits per heavy atom. The molecule has 0 saturated carbocycles. The number of aliphatic hydroxyl groups is 1. The van der Waals surface area contributed by atoms with Gasteiger partial charge in [0.1, 0.15) is 0 Å². The third-order valence-corrected chi connectivity index (χ3v) is 1.23. The standard InChI is InChI=1S/C5H10O2.K/c6-4-5-2-1-3-7-5;/h5-6H,1-4H2;. The van der Waals surface area contributed by atoms with Gasteiger partial charge in [-0.15, -0.1) is 0 Å². The molecule has 1 aliphatic rings. The fourth-order valence-corrected chi connectivity index (χ4v) is 0.788. The van der Waals surface area contributed by atoms with E-state index in [1.165, 1.54) is 0 Å². The van der Waals surface area contributed by atoms with Crippen LogP contribution in [0.25, 0.3) is 0 Å². The molecule has 0 aromatic rings. The molecule has 0 aliphatic carbocycles. The van der Waals surface area contributed by atoms with Crippen molar-refractivity contribution in [2.45, 2.75) is 18.9 Å². The van der Waals surface area contributed by atoms with Crippen LogP contribution in [0.2, 0.25) is 0 Å². The van der Waals surface area contributed by atoms with Crippen LogP contribution in [0.5, 0.6) is 0 Å². The van der Waals surface area contributed by atoms with E-state index in [0.717, 1.165) is 19.4 Å². The summed E-state index contributed by atoms with van der Waals surface area (Å²) < 4.78 is 5.05. The first-order valence-corrected chi connectivity index (χ1v) is 2.66. The van der Waals surface area contributed by atoms with Gasteiger partial charge in [-0.2, -0.15) is 0 Å². The smallest absolute Gasteiger partial charge is 0.0806 e. The second-order valence-corrected chi connectivity index (χ2v) is 1.82. The van der Waals surface area contributed by atoms with Gasteiger partial charge >= 0.3 is 0 Å². The SMILES string of the molecule is OCC1CCCO1.[K]. The minimum Gasteiger partial charge on any atom is -0.394 e. The predicted octanol–water partition coefficient (Wildman–Crippen LogP) is -0.223. The number of hydrogen-bond acceptors (Lipinski definition) is 2. The number of hydrogen-bond donors (Lipinski definition) is 1. The van der Waals surface area contributed by atoms with E-state index in [4.69, 9.17) is 9.84 Å². The van der Waals surface area contributed by atoms with E-state index in [1.807, 2.05) is 0 Å². The average Bonchev–Trinajstić information content (AvgIpc) is 2.14. The molecule has 1 heterocycles. The maximum Gasteiger partial charge on any atom is 0.0806 e. The van der Waals surface area contributed by atoms with Crippen LogP contribution in [0.1, 0.15) is 12.8 Å². The Balaban J connectivity index is 0.000000490. The van der Waals surface area contributed by atoms with Gasteiger partial charge in [0.05, 0.1) is 12.7 Å². The Morgan fingerprint density at radius 3 is 2.62 bits per heavy atom. The Morgan fingerprint density at radius 2 is 2.38 bits per heavy atom. The molecule has 43 valence electrons. The van der Waals surface area contributed by atoms with Crippen molar-refractivity contribution in [2.24, 2.45) is 0 Å². The Hall–Kier alpha value is 1.56. The molecule has 1 unspecified atom stereocenters. The van der Waals surface area contributed by atoms with Crippen molar-refractivity contribution in [3.05, 3.63) is 0 Å². The summed E-state index contributed by atoms with van der Waals surface area (Å²) in [6.45, 7) is 1.03. The second kappa shape index (κ2) is 5.35. The molecule has 1 saturated heterocycles.